The number of rotatable bonds is 5. The van der Waals surface area contributed by atoms with Crippen LogP contribution in [0.2, 0.25) is 0 Å². The van der Waals surface area contributed by atoms with Crippen molar-refractivity contribution in [1.29, 1.82) is 0 Å². The van der Waals surface area contributed by atoms with Gasteiger partial charge in [-0.25, -0.2) is 22.0 Å². The van der Waals surface area contributed by atoms with Crippen LogP contribution in [0.3, 0.4) is 0 Å². The molecule has 0 aliphatic rings. The van der Waals surface area contributed by atoms with Crippen LogP contribution in [-0.2, 0) is 0 Å². The van der Waals surface area contributed by atoms with Gasteiger partial charge in [0.1, 0.15) is 5.56 Å². The fraction of sp³-hybridized carbons (Fsp3) is 0.462. The fourth-order valence-electron chi connectivity index (χ4n) is 1.79. The Hall–Kier alpha value is -1.37. The minimum atomic E-state index is -2.31. The van der Waals surface area contributed by atoms with E-state index in [9.17, 15) is 26.7 Å². The number of benzene rings is 1. The van der Waals surface area contributed by atoms with Crippen molar-refractivity contribution in [2.24, 2.45) is 5.92 Å². The summed E-state index contributed by atoms with van der Waals surface area (Å²) in [5.74, 6) is -12.3. The molecule has 1 amide bonds. The van der Waals surface area contributed by atoms with Crippen molar-refractivity contribution in [2.75, 3.05) is 5.88 Å². The SMILES string of the molecule is CC(C)CC(CCl)NC(=O)c1c(F)c(F)c(F)c(F)c1F. The lowest BCUT2D eigenvalue weighted by molar-refractivity contribution is 0.0925. The highest BCUT2D eigenvalue weighted by atomic mass is 35.5. The molecule has 0 bridgehead atoms. The quantitative estimate of drug-likeness (QED) is 0.379. The van der Waals surface area contributed by atoms with E-state index >= 15 is 0 Å². The molecule has 118 valence electrons. The summed E-state index contributed by atoms with van der Waals surface area (Å²) < 4.78 is 65.8. The van der Waals surface area contributed by atoms with Crippen molar-refractivity contribution in [3.63, 3.8) is 0 Å². The molecule has 1 N–H and O–H groups in total. The van der Waals surface area contributed by atoms with Crippen LogP contribution in [0.1, 0.15) is 30.6 Å². The molecule has 0 aliphatic heterocycles. The summed E-state index contributed by atoms with van der Waals surface area (Å²) in [6.07, 6.45) is 0.393. The summed E-state index contributed by atoms with van der Waals surface area (Å²) >= 11 is 5.60. The van der Waals surface area contributed by atoms with Gasteiger partial charge >= 0.3 is 0 Å². The van der Waals surface area contributed by atoms with Gasteiger partial charge in [-0.2, -0.15) is 0 Å². The largest absolute Gasteiger partial charge is 0.348 e. The number of hydrogen-bond acceptors (Lipinski definition) is 1. The van der Waals surface area contributed by atoms with Crippen molar-refractivity contribution in [3.8, 4) is 0 Å². The van der Waals surface area contributed by atoms with E-state index in [-0.39, 0.29) is 11.8 Å². The zero-order valence-electron chi connectivity index (χ0n) is 11.2. The molecule has 0 saturated carbocycles. The van der Waals surface area contributed by atoms with Gasteiger partial charge in [0.25, 0.3) is 5.91 Å². The Bertz CT molecular complexity index is 521. The third kappa shape index (κ3) is 3.84. The van der Waals surface area contributed by atoms with Gasteiger partial charge in [0, 0.05) is 11.9 Å². The maximum absolute atomic E-state index is 13.5. The van der Waals surface area contributed by atoms with Crippen molar-refractivity contribution >= 4 is 17.5 Å². The molecule has 2 nitrogen and oxygen atoms in total. The first-order valence-corrected chi connectivity index (χ1v) is 6.62. The molecular weight excluding hydrogens is 317 g/mol. The number of carbonyl (C=O) groups excluding carboxylic acids is 1. The predicted octanol–water partition coefficient (Wildman–Crippen LogP) is 3.77. The minimum Gasteiger partial charge on any atom is -0.348 e. The fourth-order valence-corrected chi connectivity index (χ4v) is 1.99. The summed E-state index contributed by atoms with van der Waals surface area (Å²) in [6, 6.07) is -0.644. The maximum atomic E-state index is 13.5. The Balaban J connectivity index is 3.14. The van der Waals surface area contributed by atoms with Gasteiger partial charge in [-0.15, -0.1) is 11.6 Å². The van der Waals surface area contributed by atoms with E-state index in [4.69, 9.17) is 11.6 Å². The van der Waals surface area contributed by atoms with Gasteiger partial charge in [0.05, 0.1) is 0 Å². The second-order valence-corrected chi connectivity index (χ2v) is 5.21. The number of hydrogen-bond donors (Lipinski definition) is 1. The molecule has 1 rings (SSSR count). The van der Waals surface area contributed by atoms with Crippen LogP contribution in [0, 0.1) is 35.0 Å². The number of amides is 1. The molecule has 0 fully saturated rings. The van der Waals surface area contributed by atoms with Gasteiger partial charge in [-0.3, -0.25) is 4.79 Å². The van der Waals surface area contributed by atoms with Crippen molar-refractivity contribution in [1.82, 2.24) is 5.32 Å². The van der Waals surface area contributed by atoms with Crippen LogP contribution in [0.4, 0.5) is 22.0 Å². The smallest absolute Gasteiger partial charge is 0.257 e. The standard InChI is InChI=1S/C13H13ClF5NO/c1-5(2)3-6(4-14)20-13(21)7-8(15)10(17)12(19)11(18)9(7)16/h5-6H,3-4H2,1-2H3,(H,20,21). The van der Waals surface area contributed by atoms with E-state index in [2.05, 4.69) is 5.32 Å². The van der Waals surface area contributed by atoms with Gasteiger partial charge in [0.15, 0.2) is 23.3 Å². The molecular formula is C13H13ClF5NO. The zero-order chi connectivity index (χ0) is 16.3. The lowest BCUT2D eigenvalue weighted by Crippen LogP contribution is -2.38. The maximum Gasteiger partial charge on any atom is 0.257 e. The lowest BCUT2D eigenvalue weighted by atomic mass is 10.0. The highest BCUT2D eigenvalue weighted by Crippen LogP contribution is 2.23. The Morgan fingerprint density at radius 3 is 1.81 bits per heavy atom. The third-order valence-corrected chi connectivity index (χ3v) is 3.09. The highest BCUT2D eigenvalue weighted by Gasteiger charge is 2.30. The number of nitrogens with one attached hydrogen (secondary N) is 1. The van der Waals surface area contributed by atoms with Crippen LogP contribution >= 0.6 is 11.6 Å². The minimum absolute atomic E-state index is 0.0562. The van der Waals surface area contributed by atoms with Crippen LogP contribution < -0.4 is 5.32 Å². The summed E-state index contributed by atoms with van der Waals surface area (Å²) in [5, 5.41) is 2.16. The topological polar surface area (TPSA) is 29.1 Å². The van der Waals surface area contributed by atoms with Crippen LogP contribution in [-0.4, -0.2) is 17.8 Å². The molecule has 0 radical (unpaired) electrons. The summed E-state index contributed by atoms with van der Waals surface area (Å²) in [4.78, 5) is 11.7. The van der Waals surface area contributed by atoms with E-state index in [0.717, 1.165) is 0 Å². The average molecular weight is 330 g/mol. The van der Waals surface area contributed by atoms with Crippen molar-refractivity contribution < 1.29 is 26.7 Å². The predicted molar refractivity (Wildman–Crippen MR) is 67.7 cm³/mol. The molecule has 0 heterocycles. The summed E-state index contributed by atoms with van der Waals surface area (Å²) in [6.45, 7) is 3.65. The number of carbonyl (C=O) groups is 1. The van der Waals surface area contributed by atoms with E-state index in [1.807, 2.05) is 13.8 Å². The number of halogens is 6. The zero-order valence-corrected chi connectivity index (χ0v) is 12.0. The molecule has 0 aromatic heterocycles. The summed E-state index contributed by atoms with van der Waals surface area (Å²) in [5.41, 5.74) is -1.51. The third-order valence-electron chi connectivity index (χ3n) is 2.71. The first-order valence-electron chi connectivity index (χ1n) is 6.08. The second kappa shape index (κ2) is 7.06. The van der Waals surface area contributed by atoms with Gasteiger partial charge < -0.3 is 5.32 Å². The van der Waals surface area contributed by atoms with E-state index < -0.39 is 46.6 Å². The van der Waals surface area contributed by atoms with E-state index in [1.54, 1.807) is 0 Å². The van der Waals surface area contributed by atoms with Crippen LogP contribution in [0.5, 0.6) is 0 Å². The second-order valence-electron chi connectivity index (χ2n) is 4.90. The van der Waals surface area contributed by atoms with Crippen molar-refractivity contribution in [3.05, 3.63) is 34.6 Å². The Morgan fingerprint density at radius 1 is 1.00 bits per heavy atom. The van der Waals surface area contributed by atoms with E-state index in [0.29, 0.717) is 6.42 Å². The van der Waals surface area contributed by atoms with Gasteiger partial charge in [0.2, 0.25) is 5.82 Å². The Labute approximate surface area is 123 Å². The molecule has 0 saturated heterocycles. The Kier molecular flexibility index (Phi) is 5.95. The van der Waals surface area contributed by atoms with E-state index in [1.165, 1.54) is 0 Å². The number of alkyl halides is 1. The highest BCUT2D eigenvalue weighted by molar-refractivity contribution is 6.18. The summed E-state index contributed by atoms with van der Waals surface area (Å²) in [7, 11) is 0. The molecule has 0 aliphatic carbocycles. The first-order chi connectivity index (χ1) is 9.70. The average Bonchev–Trinajstić information content (AvgIpc) is 2.42. The Morgan fingerprint density at radius 2 is 1.43 bits per heavy atom. The van der Waals surface area contributed by atoms with Gasteiger partial charge in [-0.05, 0) is 12.3 Å². The molecule has 21 heavy (non-hydrogen) atoms. The normalized spacial score (nSPS) is 12.6. The first kappa shape index (κ1) is 17.7. The molecule has 1 atom stereocenters. The monoisotopic (exact) mass is 329 g/mol. The molecule has 1 aromatic rings. The molecule has 8 heteroatoms. The molecule has 0 spiro atoms. The van der Waals surface area contributed by atoms with Crippen molar-refractivity contribution in [2.45, 2.75) is 26.3 Å². The lowest BCUT2D eigenvalue weighted by Gasteiger charge is -2.18. The molecule has 1 aromatic carbocycles. The van der Waals surface area contributed by atoms with Crippen LogP contribution in [0.25, 0.3) is 0 Å². The molecule has 1 unspecified atom stereocenters. The van der Waals surface area contributed by atoms with Gasteiger partial charge in [-0.1, -0.05) is 13.8 Å². The van der Waals surface area contributed by atoms with Crippen LogP contribution in [0.15, 0.2) is 0 Å².